The fourth-order valence-electron chi connectivity index (χ4n) is 2.49. The van der Waals surface area contributed by atoms with E-state index in [0.717, 1.165) is 16.9 Å². The normalized spacial score (nSPS) is 10.3. The van der Waals surface area contributed by atoms with E-state index in [1.807, 2.05) is 72.8 Å². The van der Waals surface area contributed by atoms with Crippen LogP contribution in [-0.4, -0.2) is 5.91 Å². The van der Waals surface area contributed by atoms with E-state index in [-0.39, 0.29) is 5.91 Å². The van der Waals surface area contributed by atoms with Gasteiger partial charge in [-0.2, -0.15) is 0 Å². The van der Waals surface area contributed by atoms with Gasteiger partial charge >= 0.3 is 0 Å². The summed E-state index contributed by atoms with van der Waals surface area (Å²) in [6.07, 6.45) is 0.347. The number of hydrogen-bond acceptors (Lipinski definition) is 2. The third kappa shape index (κ3) is 3.58. The minimum atomic E-state index is 0.0205. The number of anilines is 3. The second kappa shape index (κ2) is 6.79. The van der Waals surface area contributed by atoms with E-state index in [2.05, 4.69) is 0 Å². The Morgan fingerprint density at radius 1 is 0.739 bits per heavy atom. The molecule has 3 rings (SSSR count). The molecule has 0 aliphatic carbocycles. The summed E-state index contributed by atoms with van der Waals surface area (Å²) in [5.74, 6) is 0.0205. The van der Waals surface area contributed by atoms with E-state index in [4.69, 9.17) is 5.73 Å². The van der Waals surface area contributed by atoms with Gasteiger partial charge < -0.3 is 5.73 Å². The Labute approximate surface area is 136 Å². The first kappa shape index (κ1) is 14.9. The van der Waals surface area contributed by atoms with Gasteiger partial charge in [0.05, 0.1) is 6.42 Å². The van der Waals surface area contributed by atoms with Crippen LogP contribution in [0.5, 0.6) is 0 Å². The van der Waals surface area contributed by atoms with Crippen LogP contribution >= 0.6 is 0 Å². The Morgan fingerprint density at radius 2 is 1.26 bits per heavy atom. The fourth-order valence-corrected chi connectivity index (χ4v) is 2.49. The largest absolute Gasteiger partial charge is 0.399 e. The molecule has 3 aromatic rings. The van der Waals surface area contributed by atoms with E-state index in [0.29, 0.717) is 12.1 Å². The number of carbonyl (C=O) groups is 1. The van der Waals surface area contributed by atoms with Crippen molar-refractivity contribution in [2.24, 2.45) is 0 Å². The van der Waals surface area contributed by atoms with Crippen LogP contribution in [0.1, 0.15) is 5.56 Å². The Bertz CT molecular complexity index is 768. The van der Waals surface area contributed by atoms with Gasteiger partial charge in [-0.05, 0) is 42.0 Å². The molecule has 0 heterocycles. The molecule has 0 spiro atoms. The lowest BCUT2D eigenvalue weighted by Crippen LogP contribution is -2.27. The van der Waals surface area contributed by atoms with Crippen molar-refractivity contribution in [2.45, 2.75) is 6.42 Å². The van der Waals surface area contributed by atoms with Gasteiger partial charge in [0.25, 0.3) is 0 Å². The second-order valence-corrected chi connectivity index (χ2v) is 5.32. The molecule has 3 aromatic carbocycles. The molecule has 1 amide bonds. The number of benzene rings is 3. The Hall–Kier alpha value is -3.07. The maximum absolute atomic E-state index is 12.9. The first-order chi connectivity index (χ1) is 11.2. The quantitative estimate of drug-likeness (QED) is 0.735. The molecule has 0 aliphatic rings. The maximum atomic E-state index is 12.9. The molecule has 0 aliphatic heterocycles. The highest BCUT2D eigenvalue weighted by Crippen LogP contribution is 2.27. The highest BCUT2D eigenvalue weighted by atomic mass is 16.2. The molecule has 3 nitrogen and oxygen atoms in total. The molecule has 3 heteroatoms. The molecule has 0 aromatic heterocycles. The summed E-state index contributed by atoms with van der Waals surface area (Å²) in [4.78, 5) is 14.6. The number of hydrogen-bond donors (Lipinski definition) is 1. The van der Waals surface area contributed by atoms with Crippen LogP contribution in [0, 0.1) is 0 Å². The zero-order chi connectivity index (χ0) is 16.1. The molecule has 0 bridgehead atoms. The molecule has 0 unspecified atom stereocenters. The SMILES string of the molecule is Nc1ccc(N(C(=O)Cc2ccccc2)c2ccccc2)cc1. The van der Waals surface area contributed by atoms with E-state index in [9.17, 15) is 4.79 Å². The predicted molar refractivity (Wildman–Crippen MR) is 94.6 cm³/mol. The average Bonchev–Trinajstić information content (AvgIpc) is 2.59. The Balaban J connectivity index is 1.95. The molecule has 23 heavy (non-hydrogen) atoms. The molecule has 114 valence electrons. The smallest absolute Gasteiger partial charge is 0.235 e. The highest BCUT2D eigenvalue weighted by molar-refractivity contribution is 6.01. The van der Waals surface area contributed by atoms with Crippen molar-refractivity contribution in [3.63, 3.8) is 0 Å². The summed E-state index contributed by atoms with van der Waals surface area (Å²) in [5, 5.41) is 0. The van der Waals surface area contributed by atoms with E-state index >= 15 is 0 Å². The van der Waals surface area contributed by atoms with E-state index in [1.54, 1.807) is 17.0 Å². The average molecular weight is 302 g/mol. The van der Waals surface area contributed by atoms with Crippen molar-refractivity contribution < 1.29 is 4.79 Å². The molecule has 0 saturated heterocycles. The van der Waals surface area contributed by atoms with Gasteiger partial charge in [0.2, 0.25) is 5.91 Å². The van der Waals surface area contributed by atoms with Crippen LogP contribution in [0.15, 0.2) is 84.9 Å². The van der Waals surface area contributed by atoms with Crippen LogP contribution in [0.2, 0.25) is 0 Å². The molecular formula is C20H18N2O. The van der Waals surface area contributed by atoms with Gasteiger partial charge in [0.15, 0.2) is 0 Å². The van der Waals surface area contributed by atoms with E-state index in [1.165, 1.54) is 0 Å². The Morgan fingerprint density at radius 3 is 1.87 bits per heavy atom. The standard InChI is InChI=1S/C20H18N2O/c21-17-11-13-19(14-12-17)22(18-9-5-2-6-10-18)20(23)15-16-7-3-1-4-8-16/h1-14H,15,21H2. The lowest BCUT2D eigenvalue weighted by molar-refractivity contribution is -0.117. The van der Waals surface area contributed by atoms with Crippen LogP contribution in [0.25, 0.3) is 0 Å². The van der Waals surface area contributed by atoms with Gasteiger partial charge in [0, 0.05) is 17.1 Å². The van der Waals surface area contributed by atoms with Crippen LogP contribution in [0.4, 0.5) is 17.1 Å². The van der Waals surface area contributed by atoms with Crippen molar-refractivity contribution in [1.29, 1.82) is 0 Å². The summed E-state index contributed by atoms with van der Waals surface area (Å²) >= 11 is 0. The molecule has 0 radical (unpaired) electrons. The third-order valence-corrected chi connectivity index (χ3v) is 3.61. The summed E-state index contributed by atoms with van der Waals surface area (Å²) in [6.45, 7) is 0. The van der Waals surface area contributed by atoms with Crippen LogP contribution in [0.3, 0.4) is 0 Å². The zero-order valence-electron chi connectivity index (χ0n) is 12.7. The predicted octanol–water partition coefficient (Wildman–Crippen LogP) is 4.18. The van der Waals surface area contributed by atoms with Gasteiger partial charge in [-0.25, -0.2) is 0 Å². The maximum Gasteiger partial charge on any atom is 0.235 e. The summed E-state index contributed by atoms with van der Waals surface area (Å²) in [6, 6.07) is 26.8. The summed E-state index contributed by atoms with van der Waals surface area (Å²) < 4.78 is 0. The van der Waals surface area contributed by atoms with Gasteiger partial charge in [-0.15, -0.1) is 0 Å². The minimum Gasteiger partial charge on any atom is -0.399 e. The number of rotatable bonds is 4. The van der Waals surface area contributed by atoms with Gasteiger partial charge in [-0.3, -0.25) is 9.69 Å². The molecule has 2 N–H and O–H groups in total. The first-order valence-electron chi connectivity index (χ1n) is 7.51. The van der Waals surface area contributed by atoms with Crippen molar-refractivity contribution >= 4 is 23.0 Å². The van der Waals surface area contributed by atoms with Crippen molar-refractivity contribution in [3.8, 4) is 0 Å². The number of carbonyl (C=O) groups excluding carboxylic acids is 1. The van der Waals surface area contributed by atoms with Crippen LogP contribution < -0.4 is 10.6 Å². The molecule has 0 fully saturated rings. The monoisotopic (exact) mass is 302 g/mol. The van der Waals surface area contributed by atoms with Gasteiger partial charge in [-0.1, -0.05) is 48.5 Å². The van der Waals surface area contributed by atoms with Crippen molar-refractivity contribution in [1.82, 2.24) is 0 Å². The lowest BCUT2D eigenvalue weighted by atomic mass is 10.1. The van der Waals surface area contributed by atoms with Crippen molar-refractivity contribution in [3.05, 3.63) is 90.5 Å². The lowest BCUT2D eigenvalue weighted by Gasteiger charge is -2.23. The van der Waals surface area contributed by atoms with Crippen molar-refractivity contribution in [2.75, 3.05) is 10.6 Å². The molecular weight excluding hydrogens is 284 g/mol. The third-order valence-electron chi connectivity index (χ3n) is 3.61. The fraction of sp³-hybridized carbons (Fsp3) is 0.0500. The zero-order valence-corrected chi connectivity index (χ0v) is 12.7. The number of nitrogens with two attached hydrogens (primary N) is 1. The topological polar surface area (TPSA) is 46.3 Å². The second-order valence-electron chi connectivity index (χ2n) is 5.32. The summed E-state index contributed by atoms with van der Waals surface area (Å²) in [7, 11) is 0. The number of nitrogen functional groups attached to an aromatic ring is 1. The van der Waals surface area contributed by atoms with Crippen LogP contribution in [-0.2, 0) is 11.2 Å². The van der Waals surface area contributed by atoms with Gasteiger partial charge in [0.1, 0.15) is 0 Å². The number of amides is 1. The minimum absolute atomic E-state index is 0.0205. The van der Waals surface area contributed by atoms with E-state index < -0.39 is 0 Å². The molecule has 0 saturated carbocycles. The number of nitrogens with zero attached hydrogens (tertiary/aromatic N) is 1. The molecule has 0 atom stereocenters. The summed E-state index contributed by atoms with van der Waals surface area (Å²) in [5.41, 5.74) is 9.09. The first-order valence-corrected chi connectivity index (χ1v) is 7.51. The highest BCUT2D eigenvalue weighted by Gasteiger charge is 2.18. The number of para-hydroxylation sites is 1. The Kier molecular flexibility index (Phi) is 4.39.